The van der Waals surface area contributed by atoms with E-state index in [4.69, 9.17) is 18.7 Å². The fraction of sp³-hybridized carbons (Fsp3) is 0.333. The number of hydrogen-bond acceptors (Lipinski definition) is 5. The Bertz CT molecular complexity index is 924. The van der Waals surface area contributed by atoms with Crippen LogP contribution >= 0.6 is 11.6 Å². The molecule has 1 aromatic heterocycles. The number of nitrogen functional groups attached to an aromatic ring is 1. The number of aryl methyl sites for hydroxylation is 1. The highest BCUT2D eigenvalue weighted by Crippen LogP contribution is 2.26. The molecule has 1 aliphatic rings. The predicted molar refractivity (Wildman–Crippen MR) is 83.1 cm³/mol. The normalized spacial score (nSPS) is 22.9. The highest BCUT2D eigenvalue weighted by molar-refractivity contribution is 6.31. The van der Waals surface area contributed by atoms with Crippen LogP contribution in [0.15, 0.2) is 16.9 Å². The van der Waals surface area contributed by atoms with Crippen LogP contribution in [0.3, 0.4) is 0 Å². The standard InChI is InChI=1S/C15H14ClN3O3/c1-7-18-11-5-8(16)4-10(17)14(11)15(22)19(7)12-3-2-9(20)6-13(12)21/h4-5,12H,2-3,6,17H2,1H3/i12D. The molecule has 0 aliphatic heterocycles. The number of anilines is 1. The number of rotatable bonds is 1. The predicted octanol–water partition coefficient (Wildman–Crippen LogP) is 1.80. The molecule has 1 unspecified atom stereocenters. The molecule has 0 saturated heterocycles. The lowest BCUT2D eigenvalue weighted by atomic mass is 9.92. The number of fused-ring (bicyclic) bond motifs is 1. The van der Waals surface area contributed by atoms with Crippen molar-refractivity contribution in [3.8, 4) is 0 Å². The average Bonchev–Trinajstić information content (AvgIpc) is 2.42. The smallest absolute Gasteiger partial charge is 0.264 e. The summed E-state index contributed by atoms with van der Waals surface area (Å²) in [4.78, 5) is 40.8. The Balaban J connectivity index is 2.33. The lowest BCUT2D eigenvalue weighted by Gasteiger charge is -2.24. The molecular formula is C15H14ClN3O3. The first-order chi connectivity index (χ1) is 10.7. The third-order valence-corrected chi connectivity index (χ3v) is 3.94. The maximum atomic E-state index is 12.9. The maximum absolute atomic E-state index is 12.9. The second kappa shape index (κ2) is 5.21. The molecule has 1 fully saturated rings. The van der Waals surface area contributed by atoms with Gasteiger partial charge in [0.25, 0.3) is 5.56 Å². The van der Waals surface area contributed by atoms with Gasteiger partial charge in [-0.25, -0.2) is 4.98 Å². The highest BCUT2D eigenvalue weighted by atomic mass is 35.5. The second-order valence-corrected chi connectivity index (χ2v) is 5.71. The first-order valence-electron chi connectivity index (χ1n) is 7.28. The lowest BCUT2D eigenvalue weighted by molar-refractivity contribution is -0.132. The Morgan fingerprint density at radius 3 is 2.82 bits per heavy atom. The van der Waals surface area contributed by atoms with Crippen molar-refractivity contribution in [2.24, 2.45) is 0 Å². The van der Waals surface area contributed by atoms with Crippen LogP contribution in [0.4, 0.5) is 5.69 Å². The molecule has 0 bridgehead atoms. The van der Waals surface area contributed by atoms with E-state index in [-0.39, 0.29) is 41.9 Å². The van der Waals surface area contributed by atoms with Gasteiger partial charge in [0.15, 0.2) is 5.78 Å². The molecule has 22 heavy (non-hydrogen) atoms. The molecule has 7 heteroatoms. The molecule has 1 aromatic carbocycles. The van der Waals surface area contributed by atoms with Gasteiger partial charge in [-0.1, -0.05) is 11.6 Å². The quantitative estimate of drug-likeness (QED) is 0.638. The van der Waals surface area contributed by atoms with Gasteiger partial charge in [-0.2, -0.15) is 0 Å². The molecule has 2 N–H and O–H groups in total. The number of hydrogen-bond donors (Lipinski definition) is 1. The van der Waals surface area contributed by atoms with Crippen LogP contribution in [0.2, 0.25) is 5.02 Å². The zero-order valence-electron chi connectivity index (χ0n) is 12.9. The van der Waals surface area contributed by atoms with Crippen molar-refractivity contribution in [2.45, 2.75) is 32.2 Å². The van der Waals surface area contributed by atoms with E-state index in [1.165, 1.54) is 19.1 Å². The van der Waals surface area contributed by atoms with Crippen molar-refractivity contribution in [1.82, 2.24) is 9.55 Å². The van der Waals surface area contributed by atoms with Crippen LogP contribution in [0.5, 0.6) is 0 Å². The van der Waals surface area contributed by atoms with Gasteiger partial charge in [0.2, 0.25) is 0 Å². The van der Waals surface area contributed by atoms with Crippen molar-refractivity contribution in [3.63, 3.8) is 0 Å². The van der Waals surface area contributed by atoms with Crippen LogP contribution in [-0.2, 0) is 9.59 Å². The number of ketones is 2. The largest absolute Gasteiger partial charge is 0.398 e. The number of carbonyl (C=O) groups is 2. The summed E-state index contributed by atoms with van der Waals surface area (Å²) in [6, 6.07) is 1.10. The molecule has 114 valence electrons. The topological polar surface area (TPSA) is 95.1 Å². The average molecular weight is 321 g/mol. The van der Waals surface area contributed by atoms with Crippen LogP contribution < -0.4 is 11.3 Å². The summed E-state index contributed by atoms with van der Waals surface area (Å²) >= 11 is 5.93. The van der Waals surface area contributed by atoms with Gasteiger partial charge < -0.3 is 5.73 Å². The minimum Gasteiger partial charge on any atom is -0.398 e. The monoisotopic (exact) mass is 320 g/mol. The van der Waals surface area contributed by atoms with E-state index in [1.807, 2.05) is 0 Å². The first-order valence-corrected chi connectivity index (χ1v) is 7.15. The number of halogens is 1. The molecule has 2 aromatic rings. The Kier molecular flexibility index (Phi) is 3.18. The van der Waals surface area contributed by atoms with Gasteiger partial charge in [-0.3, -0.25) is 19.0 Å². The highest BCUT2D eigenvalue weighted by Gasteiger charge is 2.30. The van der Waals surface area contributed by atoms with Crippen molar-refractivity contribution in [3.05, 3.63) is 33.3 Å². The minimum absolute atomic E-state index is 0.0495. The van der Waals surface area contributed by atoms with E-state index in [2.05, 4.69) is 4.98 Å². The summed E-state index contributed by atoms with van der Waals surface area (Å²) in [7, 11) is 0. The number of nitrogens with two attached hydrogens (primary N) is 1. The summed E-state index contributed by atoms with van der Waals surface area (Å²) in [5, 5.41) is 0.468. The van der Waals surface area contributed by atoms with E-state index in [9.17, 15) is 14.4 Å². The third-order valence-electron chi connectivity index (χ3n) is 3.73. The summed E-state index contributed by atoms with van der Waals surface area (Å²) in [5.41, 5.74) is 5.75. The van der Waals surface area contributed by atoms with Gasteiger partial charge >= 0.3 is 0 Å². The number of aromatic nitrogens is 2. The number of carbonyl (C=O) groups excluding carboxylic acids is 2. The van der Waals surface area contributed by atoms with Crippen LogP contribution in [0.1, 0.15) is 32.5 Å². The minimum atomic E-state index is -1.83. The molecule has 1 saturated carbocycles. The Hall–Kier alpha value is -2.21. The third kappa shape index (κ3) is 2.29. The zero-order chi connectivity index (χ0) is 16.9. The number of benzene rings is 1. The molecule has 3 rings (SSSR count). The molecule has 1 atom stereocenters. The fourth-order valence-electron chi connectivity index (χ4n) is 2.74. The Morgan fingerprint density at radius 2 is 2.14 bits per heavy atom. The van der Waals surface area contributed by atoms with Crippen molar-refractivity contribution in [1.29, 1.82) is 0 Å². The summed E-state index contributed by atoms with van der Waals surface area (Å²) in [5.74, 6) is -0.613. The number of Topliss-reactive ketones (excluding diaryl/α,β-unsaturated/α-hetero) is 2. The van der Waals surface area contributed by atoms with Crippen molar-refractivity contribution in [2.75, 3.05) is 5.73 Å². The van der Waals surface area contributed by atoms with Crippen molar-refractivity contribution < 1.29 is 11.0 Å². The molecule has 0 radical (unpaired) electrons. The zero-order valence-corrected chi connectivity index (χ0v) is 12.6. The van der Waals surface area contributed by atoms with Gasteiger partial charge in [0.05, 0.1) is 24.7 Å². The van der Waals surface area contributed by atoms with Gasteiger partial charge in [-0.15, -0.1) is 0 Å². The Labute approximate surface area is 132 Å². The SMILES string of the molecule is [2H]C1(n2c(C)nc3cc(Cl)cc(N)c3c2=O)CCC(=O)CC1=O. The Morgan fingerprint density at radius 1 is 1.41 bits per heavy atom. The number of nitrogens with zero attached hydrogens (tertiary/aromatic N) is 2. The molecule has 0 amide bonds. The fourth-order valence-corrected chi connectivity index (χ4v) is 2.96. The van der Waals surface area contributed by atoms with Gasteiger partial charge in [-0.05, 0) is 25.5 Å². The van der Waals surface area contributed by atoms with Crippen LogP contribution in [-0.4, -0.2) is 21.1 Å². The molecule has 1 heterocycles. The molecule has 6 nitrogen and oxygen atoms in total. The van der Waals surface area contributed by atoms with Crippen LogP contribution in [0, 0.1) is 6.92 Å². The van der Waals surface area contributed by atoms with Gasteiger partial charge in [0.1, 0.15) is 11.6 Å². The van der Waals surface area contributed by atoms with E-state index in [1.54, 1.807) is 0 Å². The van der Waals surface area contributed by atoms with Crippen LogP contribution in [0.25, 0.3) is 10.9 Å². The summed E-state index contributed by atoms with van der Waals surface area (Å²) in [6.45, 7) is 1.54. The summed E-state index contributed by atoms with van der Waals surface area (Å²) < 4.78 is 9.52. The second-order valence-electron chi connectivity index (χ2n) is 5.27. The molecule has 0 spiro atoms. The first kappa shape index (κ1) is 13.5. The van der Waals surface area contributed by atoms with E-state index >= 15 is 0 Å². The van der Waals surface area contributed by atoms with Gasteiger partial charge in [0, 0.05) is 17.1 Å². The van der Waals surface area contributed by atoms with E-state index in [0.29, 0.717) is 10.5 Å². The van der Waals surface area contributed by atoms with E-state index < -0.39 is 17.4 Å². The lowest BCUT2D eigenvalue weighted by Crippen LogP contribution is -2.36. The molecular weight excluding hydrogens is 306 g/mol. The van der Waals surface area contributed by atoms with E-state index in [0.717, 1.165) is 4.57 Å². The summed E-state index contributed by atoms with van der Waals surface area (Å²) in [6.07, 6.45) is -0.315. The maximum Gasteiger partial charge on any atom is 0.264 e. The molecule has 1 aliphatic carbocycles. The van der Waals surface area contributed by atoms with Crippen molar-refractivity contribution >= 4 is 39.8 Å².